The van der Waals surface area contributed by atoms with Gasteiger partial charge in [-0.05, 0) is 54.7 Å². The van der Waals surface area contributed by atoms with Gasteiger partial charge in [0.05, 0.1) is 0 Å². The zero-order valence-corrected chi connectivity index (χ0v) is 15.6. The van der Waals surface area contributed by atoms with Crippen molar-refractivity contribution >= 4 is 11.8 Å². The van der Waals surface area contributed by atoms with E-state index in [2.05, 4.69) is 59.5 Å². The molecule has 0 N–H and O–H groups in total. The number of fused-ring (bicyclic) bond motifs is 2. The van der Waals surface area contributed by atoms with Crippen LogP contribution in [-0.4, -0.2) is 24.3 Å². The first-order chi connectivity index (χ1) is 12.9. The average molecular weight is 365 g/mol. The van der Waals surface area contributed by atoms with Crippen LogP contribution in [0, 0.1) is 0 Å². The first-order valence-electron chi connectivity index (χ1n) is 9.42. The molecule has 134 valence electrons. The van der Waals surface area contributed by atoms with Gasteiger partial charge in [-0.1, -0.05) is 30.4 Å². The molecule has 0 unspecified atom stereocenters. The van der Waals surface area contributed by atoms with Crippen LogP contribution in [0.1, 0.15) is 35.6 Å². The van der Waals surface area contributed by atoms with Gasteiger partial charge in [-0.25, -0.2) is 0 Å². The Morgan fingerprint density at radius 2 is 1.88 bits per heavy atom. The molecule has 0 spiro atoms. The average Bonchev–Trinajstić information content (AvgIpc) is 3.15. The van der Waals surface area contributed by atoms with Crippen LogP contribution < -0.4 is 9.47 Å². The van der Waals surface area contributed by atoms with E-state index in [0.717, 1.165) is 24.6 Å². The number of nitrogens with zero attached hydrogens (tertiary/aromatic N) is 1. The molecule has 4 heteroatoms. The molecule has 2 aromatic carbocycles. The zero-order valence-electron chi connectivity index (χ0n) is 14.8. The summed E-state index contributed by atoms with van der Waals surface area (Å²) in [5.41, 5.74) is 2.78. The molecule has 2 heterocycles. The predicted octanol–water partition coefficient (Wildman–Crippen LogP) is 5.17. The molecule has 0 bridgehead atoms. The fourth-order valence-electron chi connectivity index (χ4n) is 4.15. The number of hydrogen-bond donors (Lipinski definition) is 0. The first-order valence-corrected chi connectivity index (χ1v) is 10.3. The van der Waals surface area contributed by atoms with Gasteiger partial charge in [0.1, 0.15) is 0 Å². The van der Waals surface area contributed by atoms with Gasteiger partial charge in [0, 0.05) is 29.3 Å². The van der Waals surface area contributed by atoms with E-state index >= 15 is 0 Å². The Bertz CT molecular complexity index is 820. The van der Waals surface area contributed by atoms with E-state index in [1.54, 1.807) is 0 Å². The topological polar surface area (TPSA) is 21.7 Å². The largest absolute Gasteiger partial charge is 0.454 e. The summed E-state index contributed by atoms with van der Waals surface area (Å²) in [6, 6.07) is 15.7. The third-order valence-corrected chi connectivity index (χ3v) is 6.71. The number of ether oxygens (including phenoxy) is 2. The molecule has 0 fully saturated rings. The summed E-state index contributed by atoms with van der Waals surface area (Å²) < 4.78 is 11.3. The highest BCUT2D eigenvalue weighted by Gasteiger charge is 2.32. The van der Waals surface area contributed by atoms with Crippen molar-refractivity contribution in [2.75, 3.05) is 13.3 Å². The Hall–Kier alpha value is -1.91. The van der Waals surface area contributed by atoms with Gasteiger partial charge in [-0.15, -0.1) is 11.8 Å². The van der Waals surface area contributed by atoms with Crippen LogP contribution in [0.25, 0.3) is 0 Å². The van der Waals surface area contributed by atoms with Crippen LogP contribution in [0.3, 0.4) is 0 Å². The fraction of sp³-hybridized carbons (Fsp3) is 0.364. The summed E-state index contributed by atoms with van der Waals surface area (Å²) in [7, 11) is 0. The maximum absolute atomic E-state index is 5.65. The molecule has 0 radical (unpaired) electrons. The Morgan fingerprint density at radius 3 is 2.69 bits per heavy atom. The minimum absolute atomic E-state index is 0.337. The lowest BCUT2D eigenvalue weighted by Gasteiger charge is -2.39. The van der Waals surface area contributed by atoms with Crippen molar-refractivity contribution in [3.63, 3.8) is 0 Å². The summed E-state index contributed by atoms with van der Waals surface area (Å²) in [6.45, 7) is 2.40. The quantitative estimate of drug-likeness (QED) is 0.699. The number of rotatable bonds is 3. The van der Waals surface area contributed by atoms with Crippen LogP contribution in [-0.2, 0) is 6.54 Å². The van der Waals surface area contributed by atoms with E-state index in [0.29, 0.717) is 18.1 Å². The minimum atomic E-state index is 0.337. The highest BCUT2D eigenvalue weighted by Crippen LogP contribution is 2.46. The van der Waals surface area contributed by atoms with E-state index in [1.165, 1.54) is 35.3 Å². The van der Waals surface area contributed by atoms with Crippen LogP contribution in [0.5, 0.6) is 11.5 Å². The third-order valence-electron chi connectivity index (χ3n) is 5.47. The highest BCUT2D eigenvalue weighted by molar-refractivity contribution is 7.99. The van der Waals surface area contributed by atoms with E-state index < -0.39 is 0 Å². The zero-order chi connectivity index (χ0) is 17.3. The van der Waals surface area contributed by atoms with Crippen LogP contribution in [0.15, 0.2) is 59.5 Å². The summed E-state index contributed by atoms with van der Waals surface area (Å²) in [5, 5.41) is 0.408. The molecule has 26 heavy (non-hydrogen) atoms. The van der Waals surface area contributed by atoms with Gasteiger partial charge in [-0.2, -0.15) is 0 Å². The lowest BCUT2D eigenvalue weighted by molar-refractivity contribution is 0.174. The smallest absolute Gasteiger partial charge is 0.231 e. The number of allylic oxidation sites excluding steroid dienone is 1. The van der Waals surface area contributed by atoms with E-state index in [-0.39, 0.29) is 0 Å². The molecule has 2 aromatic rings. The molecular formula is C22H23NO2S. The molecule has 5 rings (SSSR count). The van der Waals surface area contributed by atoms with Crippen LogP contribution in [0.2, 0.25) is 0 Å². The second-order valence-corrected chi connectivity index (χ2v) is 8.46. The lowest BCUT2D eigenvalue weighted by Crippen LogP contribution is -2.40. The van der Waals surface area contributed by atoms with Crippen molar-refractivity contribution in [3.8, 4) is 11.5 Å². The number of thioether (sulfide) groups is 1. The maximum Gasteiger partial charge on any atom is 0.231 e. The Balaban J connectivity index is 1.49. The monoisotopic (exact) mass is 365 g/mol. The lowest BCUT2D eigenvalue weighted by atomic mass is 9.94. The van der Waals surface area contributed by atoms with Crippen LogP contribution in [0.4, 0.5) is 0 Å². The van der Waals surface area contributed by atoms with Gasteiger partial charge >= 0.3 is 0 Å². The summed E-state index contributed by atoms with van der Waals surface area (Å²) >= 11 is 1.96. The first kappa shape index (κ1) is 16.3. The van der Waals surface area contributed by atoms with Crippen LogP contribution >= 0.6 is 11.8 Å². The standard InChI is InChI=1S/C22H23NO2S/c1-3-7-17(8-4-1)23-13-16-11-20-21(25-15-24-20)12-19(16)22(14-23)26-18-9-5-2-6-10-18/h2-3,5-7,9-12,17,22H,1,4,8,13-15H2/t17-,22+/m1/s1. The van der Waals surface area contributed by atoms with Gasteiger partial charge in [-0.3, -0.25) is 4.90 Å². The van der Waals surface area contributed by atoms with E-state index in [4.69, 9.17) is 9.47 Å². The van der Waals surface area contributed by atoms with Gasteiger partial charge < -0.3 is 9.47 Å². The van der Waals surface area contributed by atoms with Crippen molar-refractivity contribution in [1.82, 2.24) is 4.90 Å². The van der Waals surface area contributed by atoms with E-state index in [9.17, 15) is 0 Å². The van der Waals surface area contributed by atoms with Crippen molar-refractivity contribution in [1.29, 1.82) is 0 Å². The third kappa shape index (κ3) is 3.12. The minimum Gasteiger partial charge on any atom is -0.454 e. The summed E-state index contributed by atoms with van der Waals surface area (Å²) in [4.78, 5) is 3.96. The molecular weight excluding hydrogens is 342 g/mol. The molecule has 0 saturated heterocycles. The molecule has 3 aliphatic rings. The van der Waals surface area contributed by atoms with Crippen molar-refractivity contribution < 1.29 is 9.47 Å². The fourth-order valence-corrected chi connectivity index (χ4v) is 5.40. The molecule has 0 saturated carbocycles. The van der Waals surface area contributed by atoms with Gasteiger partial charge in [0.15, 0.2) is 11.5 Å². The molecule has 2 atom stereocenters. The van der Waals surface area contributed by atoms with Crippen molar-refractivity contribution in [2.24, 2.45) is 0 Å². The molecule has 0 aromatic heterocycles. The Morgan fingerprint density at radius 1 is 1.04 bits per heavy atom. The second kappa shape index (κ2) is 7.01. The predicted molar refractivity (Wildman–Crippen MR) is 105 cm³/mol. The maximum atomic E-state index is 5.65. The van der Waals surface area contributed by atoms with Gasteiger partial charge in [0.25, 0.3) is 0 Å². The number of benzene rings is 2. The van der Waals surface area contributed by atoms with Crippen molar-refractivity contribution in [3.05, 3.63) is 65.7 Å². The molecule has 3 nitrogen and oxygen atoms in total. The van der Waals surface area contributed by atoms with Gasteiger partial charge in [0.2, 0.25) is 6.79 Å². The summed E-state index contributed by atoms with van der Waals surface area (Å²) in [6.07, 6.45) is 8.54. The second-order valence-electron chi connectivity index (χ2n) is 7.18. The Labute approximate surface area is 159 Å². The SMILES string of the molecule is C1=C[C@@H](N2Cc3cc4c(cc3[C@@H](Sc3ccccc3)C2)OCO4)CCC1. The normalized spacial score (nSPS) is 24.5. The molecule has 1 aliphatic carbocycles. The number of hydrogen-bond acceptors (Lipinski definition) is 4. The van der Waals surface area contributed by atoms with Crippen molar-refractivity contribution in [2.45, 2.75) is 42.0 Å². The Kier molecular flexibility index (Phi) is 4.39. The van der Waals surface area contributed by atoms with E-state index in [1.807, 2.05) is 11.8 Å². The highest BCUT2D eigenvalue weighted by atomic mass is 32.2. The molecule has 0 amide bonds. The summed E-state index contributed by atoms with van der Waals surface area (Å²) in [5.74, 6) is 1.79. The molecule has 2 aliphatic heterocycles.